The van der Waals surface area contributed by atoms with Crippen molar-refractivity contribution in [2.45, 2.75) is 38.3 Å². The van der Waals surface area contributed by atoms with Crippen LogP contribution in [0.5, 0.6) is 0 Å². The zero-order valence-electron chi connectivity index (χ0n) is 12.7. The van der Waals surface area contributed by atoms with Crippen LogP contribution in [-0.2, 0) is 0 Å². The van der Waals surface area contributed by atoms with E-state index in [0.29, 0.717) is 11.6 Å². The van der Waals surface area contributed by atoms with Crippen LogP contribution in [-0.4, -0.2) is 30.1 Å². The van der Waals surface area contributed by atoms with Gasteiger partial charge in [-0.25, -0.2) is 0 Å². The lowest BCUT2D eigenvalue weighted by Crippen LogP contribution is -2.60. The van der Waals surface area contributed by atoms with Gasteiger partial charge in [0.25, 0.3) is 0 Å². The summed E-state index contributed by atoms with van der Waals surface area (Å²) in [7, 11) is 0. The first-order valence-electron chi connectivity index (χ1n) is 7.88. The van der Waals surface area contributed by atoms with Crippen molar-refractivity contribution >= 4 is 0 Å². The van der Waals surface area contributed by atoms with Crippen LogP contribution in [0, 0.1) is 5.92 Å². The van der Waals surface area contributed by atoms with Crippen molar-refractivity contribution in [3.05, 3.63) is 48.0 Å². The minimum atomic E-state index is 0.312. The number of nitrogens with zero attached hydrogens (tertiary/aromatic N) is 1. The van der Waals surface area contributed by atoms with Crippen LogP contribution in [0.4, 0.5) is 0 Å². The average Bonchev–Trinajstić information content (AvgIpc) is 3.31. The zero-order chi connectivity index (χ0) is 14.0. The van der Waals surface area contributed by atoms with E-state index in [1.807, 2.05) is 0 Å². The van der Waals surface area contributed by atoms with E-state index in [1.54, 1.807) is 0 Å². The van der Waals surface area contributed by atoms with E-state index in [9.17, 15) is 0 Å². The first-order chi connectivity index (χ1) is 9.73. The molecule has 0 radical (unpaired) electrons. The molecule has 0 aromatic heterocycles. The number of hydrogen-bond donors (Lipinski definition) is 1. The fourth-order valence-corrected chi connectivity index (χ4v) is 3.48. The molecule has 3 rings (SSSR count). The molecule has 2 fully saturated rings. The maximum Gasteiger partial charge on any atom is 0.0476 e. The van der Waals surface area contributed by atoms with Gasteiger partial charge in [-0.15, -0.1) is 0 Å². The number of hydrogen-bond acceptors (Lipinski definition) is 2. The Balaban J connectivity index is 1.79. The van der Waals surface area contributed by atoms with Gasteiger partial charge in [-0.1, -0.05) is 42.5 Å². The molecule has 2 atom stereocenters. The van der Waals surface area contributed by atoms with E-state index in [-0.39, 0.29) is 0 Å². The number of piperazine rings is 1. The molecule has 20 heavy (non-hydrogen) atoms. The number of benzene rings is 1. The monoisotopic (exact) mass is 270 g/mol. The third-order valence-corrected chi connectivity index (χ3v) is 4.91. The van der Waals surface area contributed by atoms with E-state index in [2.05, 4.69) is 66.5 Å². The molecule has 2 unspecified atom stereocenters. The standard InChI is InChI=1S/C18H26N2/c1-3-4-12-20-14-18(2,16-10-11-16)19-13-17(20)15-8-6-5-7-9-15/h3-9,16-17,19H,10-14H2,1-2H3/b4-3+. The molecule has 108 valence electrons. The summed E-state index contributed by atoms with van der Waals surface area (Å²) in [6.07, 6.45) is 7.25. The zero-order valence-corrected chi connectivity index (χ0v) is 12.7. The largest absolute Gasteiger partial charge is 0.308 e. The molecule has 0 bridgehead atoms. The molecule has 1 aliphatic heterocycles. The van der Waals surface area contributed by atoms with Gasteiger partial charge in [0.1, 0.15) is 0 Å². The van der Waals surface area contributed by atoms with Crippen molar-refractivity contribution in [1.82, 2.24) is 10.2 Å². The van der Waals surface area contributed by atoms with Crippen molar-refractivity contribution < 1.29 is 0 Å². The van der Waals surface area contributed by atoms with Gasteiger partial charge in [-0.3, -0.25) is 4.90 Å². The smallest absolute Gasteiger partial charge is 0.0476 e. The van der Waals surface area contributed by atoms with Gasteiger partial charge in [-0.05, 0) is 38.2 Å². The van der Waals surface area contributed by atoms with Crippen LogP contribution in [0.25, 0.3) is 0 Å². The fourth-order valence-electron chi connectivity index (χ4n) is 3.48. The topological polar surface area (TPSA) is 15.3 Å². The second-order valence-electron chi connectivity index (χ2n) is 6.50. The summed E-state index contributed by atoms with van der Waals surface area (Å²) in [5, 5.41) is 3.85. The van der Waals surface area contributed by atoms with E-state index in [0.717, 1.165) is 25.6 Å². The molecular formula is C18H26N2. The van der Waals surface area contributed by atoms with Crippen LogP contribution in [0.15, 0.2) is 42.5 Å². The van der Waals surface area contributed by atoms with E-state index >= 15 is 0 Å². The summed E-state index contributed by atoms with van der Waals surface area (Å²) in [6, 6.07) is 11.4. The molecule has 1 saturated heterocycles. The van der Waals surface area contributed by atoms with Gasteiger partial charge in [0.2, 0.25) is 0 Å². The van der Waals surface area contributed by atoms with Gasteiger partial charge in [0, 0.05) is 31.2 Å². The van der Waals surface area contributed by atoms with Gasteiger partial charge in [0.05, 0.1) is 0 Å². The van der Waals surface area contributed by atoms with Crippen molar-refractivity contribution in [3.8, 4) is 0 Å². The second kappa shape index (κ2) is 5.71. The molecule has 2 nitrogen and oxygen atoms in total. The van der Waals surface area contributed by atoms with Crippen LogP contribution >= 0.6 is 0 Å². The lowest BCUT2D eigenvalue weighted by atomic mass is 9.89. The Hall–Kier alpha value is -1.12. The molecule has 1 aromatic rings. The van der Waals surface area contributed by atoms with Crippen molar-refractivity contribution in [2.24, 2.45) is 5.92 Å². The summed E-state index contributed by atoms with van der Waals surface area (Å²) < 4.78 is 0. The Labute approximate surface area is 122 Å². The Bertz CT molecular complexity index is 464. The van der Waals surface area contributed by atoms with Gasteiger partial charge < -0.3 is 5.32 Å². The quantitative estimate of drug-likeness (QED) is 0.844. The van der Waals surface area contributed by atoms with Crippen LogP contribution in [0.1, 0.15) is 38.3 Å². The first-order valence-corrected chi connectivity index (χ1v) is 7.88. The molecule has 0 spiro atoms. The predicted molar refractivity (Wildman–Crippen MR) is 84.7 cm³/mol. The minimum absolute atomic E-state index is 0.312. The Morgan fingerprint density at radius 3 is 2.70 bits per heavy atom. The highest BCUT2D eigenvalue weighted by Crippen LogP contribution is 2.42. The summed E-state index contributed by atoms with van der Waals surface area (Å²) in [4.78, 5) is 2.64. The highest BCUT2D eigenvalue weighted by molar-refractivity contribution is 5.21. The van der Waals surface area contributed by atoms with E-state index < -0.39 is 0 Å². The normalized spacial score (nSPS) is 31.8. The van der Waals surface area contributed by atoms with Crippen molar-refractivity contribution in [2.75, 3.05) is 19.6 Å². The Kier molecular flexibility index (Phi) is 3.95. The van der Waals surface area contributed by atoms with Crippen LogP contribution < -0.4 is 5.32 Å². The van der Waals surface area contributed by atoms with Crippen LogP contribution in [0.2, 0.25) is 0 Å². The van der Waals surface area contributed by atoms with Crippen LogP contribution in [0.3, 0.4) is 0 Å². The molecule has 1 heterocycles. The van der Waals surface area contributed by atoms with Gasteiger partial charge >= 0.3 is 0 Å². The summed E-state index contributed by atoms with van der Waals surface area (Å²) in [5.74, 6) is 0.882. The lowest BCUT2D eigenvalue weighted by Gasteiger charge is -2.46. The lowest BCUT2D eigenvalue weighted by molar-refractivity contribution is 0.0853. The van der Waals surface area contributed by atoms with Gasteiger partial charge in [-0.2, -0.15) is 0 Å². The highest BCUT2D eigenvalue weighted by atomic mass is 15.3. The minimum Gasteiger partial charge on any atom is -0.308 e. The summed E-state index contributed by atoms with van der Waals surface area (Å²) >= 11 is 0. The average molecular weight is 270 g/mol. The molecular weight excluding hydrogens is 244 g/mol. The second-order valence-corrected chi connectivity index (χ2v) is 6.50. The highest BCUT2D eigenvalue weighted by Gasteiger charge is 2.45. The maximum atomic E-state index is 3.85. The first kappa shape index (κ1) is 13.8. The molecule has 1 aliphatic carbocycles. The SMILES string of the molecule is C/C=C/CN1CC(C)(C2CC2)NCC1c1ccccc1. The van der Waals surface area contributed by atoms with Gasteiger partial charge in [0.15, 0.2) is 0 Å². The number of rotatable bonds is 4. The van der Waals surface area contributed by atoms with E-state index in [4.69, 9.17) is 0 Å². The maximum absolute atomic E-state index is 3.85. The Morgan fingerprint density at radius 1 is 1.30 bits per heavy atom. The number of allylic oxidation sites excluding steroid dienone is 1. The fraction of sp³-hybridized carbons (Fsp3) is 0.556. The molecule has 1 saturated carbocycles. The molecule has 1 N–H and O–H groups in total. The third-order valence-electron chi connectivity index (χ3n) is 4.91. The molecule has 1 aromatic carbocycles. The van der Waals surface area contributed by atoms with E-state index in [1.165, 1.54) is 18.4 Å². The van der Waals surface area contributed by atoms with Crippen molar-refractivity contribution in [1.29, 1.82) is 0 Å². The molecule has 2 heteroatoms. The Morgan fingerprint density at radius 2 is 2.05 bits per heavy atom. The summed E-state index contributed by atoms with van der Waals surface area (Å²) in [5.41, 5.74) is 1.75. The van der Waals surface area contributed by atoms with Crippen molar-refractivity contribution in [3.63, 3.8) is 0 Å². The molecule has 0 amide bonds. The molecule has 2 aliphatic rings. The predicted octanol–water partition coefficient (Wildman–Crippen LogP) is 3.38. The summed E-state index contributed by atoms with van der Waals surface area (Å²) in [6.45, 7) is 7.80. The number of nitrogens with one attached hydrogen (secondary N) is 1. The third kappa shape index (κ3) is 2.82.